The summed E-state index contributed by atoms with van der Waals surface area (Å²) in [6.07, 6.45) is 0. The number of ether oxygens (including phenoxy) is 1. The number of carboxylic acids is 1. The van der Waals surface area contributed by atoms with Crippen molar-refractivity contribution in [2.24, 2.45) is 11.7 Å². The number of aryl methyl sites for hydroxylation is 1. The van der Waals surface area contributed by atoms with E-state index in [1.54, 1.807) is 25.1 Å². The van der Waals surface area contributed by atoms with Gasteiger partial charge in [-0.25, -0.2) is 9.78 Å². The van der Waals surface area contributed by atoms with E-state index in [-0.39, 0.29) is 10.8 Å². The van der Waals surface area contributed by atoms with Crippen molar-refractivity contribution >= 4 is 23.2 Å². The van der Waals surface area contributed by atoms with Gasteiger partial charge in [0.05, 0.1) is 17.9 Å². The minimum atomic E-state index is -0.987. The molecule has 0 spiro atoms. The molecule has 0 saturated carbocycles. The van der Waals surface area contributed by atoms with Crippen LogP contribution in [0, 0.1) is 24.2 Å². The van der Waals surface area contributed by atoms with Gasteiger partial charge >= 0.3 is 5.97 Å². The van der Waals surface area contributed by atoms with Gasteiger partial charge in [-0.05, 0) is 31.0 Å². The number of primary amides is 1. The second-order valence-corrected chi connectivity index (χ2v) is 6.88. The number of carbonyl (C=O) groups is 2. The predicted molar refractivity (Wildman–Crippen MR) is 99.2 cm³/mol. The van der Waals surface area contributed by atoms with Gasteiger partial charge in [-0.2, -0.15) is 5.26 Å². The molecule has 1 aromatic heterocycles. The van der Waals surface area contributed by atoms with Gasteiger partial charge in [-0.1, -0.05) is 13.8 Å². The first-order valence-corrected chi connectivity index (χ1v) is 8.61. The van der Waals surface area contributed by atoms with E-state index in [2.05, 4.69) is 16.8 Å². The molecule has 1 heterocycles. The van der Waals surface area contributed by atoms with E-state index in [0.29, 0.717) is 40.1 Å². The Kier molecular flexibility index (Phi) is 7.75. The molecular formula is C18H21N3O4S. The van der Waals surface area contributed by atoms with Gasteiger partial charge in [0.15, 0.2) is 0 Å². The van der Waals surface area contributed by atoms with Crippen molar-refractivity contribution < 1.29 is 19.4 Å². The average Bonchev–Trinajstić information content (AvgIpc) is 2.94. The number of nitriles is 1. The average molecular weight is 375 g/mol. The predicted octanol–water partition coefficient (Wildman–Crippen LogP) is 3.21. The summed E-state index contributed by atoms with van der Waals surface area (Å²) in [5.74, 6) is -0.420. The van der Waals surface area contributed by atoms with Crippen LogP contribution in [0.4, 0.5) is 0 Å². The highest BCUT2D eigenvalue weighted by Crippen LogP contribution is 2.31. The Bertz CT molecular complexity index is 833. The van der Waals surface area contributed by atoms with Crippen molar-refractivity contribution in [2.45, 2.75) is 27.7 Å². The number of hydrogen-bond donors (Lipinski definition) is 2. The number of rotatable bonds is 5. The highest BCUT2D eigenvalue weighted by Gasteiger charge is 2.16. The highest BCUT2D eigenvalue weighted by molar-refractivity contribution is 7.17. The Balaban J connectivity index is 0.000000765. The second kappa shape index (κ2) is 9.53. The van der Waals surface area contributed by atoms with E-state index in [9.17, 15) is 14.9 Å². The number of nitrogens with two attached hydrogens (primary N) is 1. The van der Waals surface area contributed by atoms with E-state index in [1.807, 2.05) is 13.8 Å². The van der Waals surface area contributed by atoms with Crippen molar-refractivity contribution in [2.75, 3.05) is 6.61 Å². The van der Waals surface area contributed by atoms with Gasteiger partial charge in [0.1, 0.15) is 21.7 Å². The number of carboxylic acid groups (broad SMARTS) is 1. The molecule has 3 N–H and O–H groups in total. The molecule has 0 saturated heterocycles. The molecular weight excluding hydrogens is 354 g/mol. The molecule has 0 radical (unpaired) electrons. The number of aromatic nitrogens is 1. The van der Waals surface area contributed by atoms with Gasteiger partial charge in [0.25, 0.3) is 0 Å². The van der Waals surface area contributed by atoms with E-state index in [1.165, 1.54) is 6.92 Å². The molecule has 7 nitrogen and oxygen atoms in total. The van der Waals surface area contributed by atoms with Crippen LogP contribution in [0.2, 0.25) is 0 Å². The van der Waals surface area contributed by atoms with Gasteiger partial charge < -0.3 is 15.6 Å². The fourth-order valence-electron chi connectivity index (χ4n) is 1.85. The van der Waals surface area contributed by atoms with Crippen molar-refractivity contribution in [3.8, 4) is 22.4 Å². The third-order valence-electron chi connectivity index (χ3n) is 2.91. The lowest BCUT2D eigenvalue weighted by Gasteiger charge is -2.10. The fourth-order valence-corrected chi connectivity index (χ4v) is 2.75. The molecule has 26 heavy (non-hydrogen) atoms. The molecule has 2 aromatic rings. The van der Waals surface area contributed by atoms with E-state index in [0.717, 1.165) is 11.3 Å². The molecule has 0 bridgehead atoms. The second-order valence-electron chi connectivity index (χ2n) is 5.88. The maximum Gasteiger partial charge on any atom is 0.347 e. The lowest BCUT2D eigenvalue weighted by molar-refractivity contribution is -0.115. The minimum absolute atomic E-state index is 0.216. The summed E-state index contributed by atoms with van der Waals surface area (Å²) in [6.45, 7) is 7.57. The molecule has 2 rings (SSSR count). The molecule has 1 aromatic carbocycles. The van der Waals surface area contributed by atoms with Crippen LogP contribution in [-0.2, 0) is 4.79 Å². The molecule has 138 valence electrons. The fraction of sp³-hybridized carbons (Fsp3) is 0.333. The summed E-state index contributed by atoms with van der Waals surface area (Å²) < 4.78 is 5.61. The molecule has 8 heteroatoms. The summed E-state index contributed by atoms with van der Waals surface area (Å²) in [7, 11) is 0. The third kappa shape index (κ3) is 6.18. The van der Waals surface area contributed by atoms with Crippen LogP contribution in [0.15, 0.2) is 18.2 Å². The normalized spacial score (nSPS) is 9.85. The van der Waals surface area contributed by atoms with E-state index >= 15 is 0 Å². The summed E-state index contributed by atoms with van der Waals surface area (Å²) in [6, 6.07) is 7.31. The van der Waals surface area contributed by atoms with Gasteiger partial charge in [0, 0.05) is 12.5 Å². The first-order chi connectivity index (χ1) is 12.1. The topological polar surface area (TPSA) is 126 Å². The van der Waals surface area contributed by atoms with Crippen LogP contribution in [0.25, 0.3) is 10.6 Å². The Morgan fingerprint density at radius 1 is 1.42 bits per heavy atom. The molecule has 0 aliphatic carbocycles. The molecule has 0 aliphatic rings. The first kappa shape index (κ1) is 21.1. The number of carbonyl (C=O) groups excluding carboxylic acids is 1. The van der Waals surface area contributed by atoms with Crippen molar-refractivity contribution in [1.29, 1.82) is 5.26 Å². The lowest BCUT2D eigenvalue weighted by Crippen LogP contribution is -2.05. The number of aromatic carboxylic acids is 1. The zero-order valence-electron chi connectivity index (χ0n) is 15.1. The van der Waals surface area contributed by atoms with E-state index in [4.69, 9.17) is 9.84 Å². The number of thiazole rings is 1. The molecule has 0 fully saturated rings. The monoisotopic (exact) mass is 375 g/mol. The lowest BCUT2D eigenvalue weighted by atomic mass is 10.1. The van der Waals surface area contributed by atoms with Crippen LogP contribution in [-0.4, -0.2) is 28.6 Å². The van der Waals surface area contributed by atoms with Crippen molar-refractivity contribution in [3.05, 3.63) is 34.3 Å². The summed E-state index contributed by atoms with van der Waals surface area (Å²) in [5.41, 5.74) is 6.09. The van der Waals surface area contributed by atoms with Crippen LogP contribution in [0.5, 0.6) is 5.75 Å². The molecule has 0 aliphatic heterocycles. The highest BCUT2D eigenvalue weighted by atomic mass is 32.1. The van der Waals surface area contributed by atoms with Crippen molar-refractivity contribution in [3.63, 3.8) is 0 Å². The standard InChI is InChI=1S/C16H16N2O3S.C2H5NO/c1-9(2)8-21-13-5-4-11(6-12(13)7-17)15-18-10(3)14(22-15)16(19)20;1-2(3)4/h4-6,9H,8H2,1-3H3,(H,19,20);1H3,(H2,3,4). The first-order valence-electron chi connectivity index (χ1n) is 7.79. The minimum Gasteiger partial charge on any atom is -0.492 e. The van der Waals surface area contributed by atoms with Crippen LogP contribution in [0.3, 0.4) is 0 Å². The maximum absolute atomic E-state index is 11.1. The Morgan fingerprint density at radius 2 is 2.04 bits per heavy atom. The summed E-state index contributed by atoms with van der Waals surface area (Å²) >= 11 is 1.10. The maximum atomic E-state index is 11.1. The van der Waals surface area contributed by atoms with Gasteiger partial charge in [0.2, 0.25) is 5.91 Å². The quantitative estimate of drug-likeness (QED) is 0.826. The molecule has 0 atom stereocenters. The van der Waals surface area contributed by atoms with Gasteiger partial charge in [-0.3, -0.25) is 4.79 Å². The van der Waals surface area contributed by atoms with Crippen LogP contribution in [0.1, 0.15) is 41.7 Å². The number of amides is 1. The van der Waals surface area contributed by atoms with Gasteiger partial charge in [-0.15, -0.1) is 11.3 Å². The number of hydrogen-bond acceptors (Lipinski definition) is 6. The Labute approximate surface area is 156 Å². The molecule has 1 amide bonds. The largest absolute Gasteiger partial charge is 0.492 e. The Hall–Kier alpha value is -2.92. The zero-order chi connectivity index (χ0) is 19.9. The SMILES string of the molecule is CC(N)=O.Cc1nc(-c2ccc(OCC(C)C)c(C#N)c2)sc1C(=O)O. The number of nitrogens with zero attached hydrogens (tertiary/aromatic N) is 2. The van der Waals surface area contributed by atoms with Crippen LogP contribution < -0.4 is 10.5 Å². The summed E-state index contributed by atoms with van der Waals surface area (Å²) in [4.78, 5) is 24.8. The van der Waals surface area contributed by atoms with Crippen LogP contribution >= 0.6 is 11.3 Å². The smallest absolute Gasteiger partial charge is 0.347 e. The van der Waals surface area contributed by atoms with E-state index < -0.39 is 5.97 Å². The Morgan fingerprint density at radius 3 is 2.50 bits per heavy atom. The summed E-state index contributed by atoms with van der Waals surface area (Å²) in [5, 5.41) is 18.9. The third-order valence-corrected chi connectivity index (χ3v) is 4.10. The molecule has 0 unspecified atom stereocenters. The number of benzene rings is 1. The van der Waals surface area contributed by atoms with Crippen molar-refractivity contribution in [1.82, 2.24) is 4.98 Å². The zero-order valence-corrected chi connectivity index (χ0v) is 15.9.